The van der Waals surface area contributed by atoms with Crippen LogP contribution in [-0.2, 0) is 0 Å². The third kappa shape index (κ3) is 7.36. The summed E-state index contributed by atoms with van der Waals surface area (Å²) in [6, 6.07) is 36.0. The summed E-state index contributed by atoms with van der Waals surface area (Å²) in [4.78, 5) is 0. The summed E-state index contributed by atoms with van der Waals surface area (Å²) in [5, 5.41) is 19.0. The molecule has 5 nitrogen and oxygen atoms in total. The van der Waals surface area contributed by atoms with Gasteiger partial charge < -0.3 is 24.4 Å². The van der Waals surface area contributed by atoms with E-state index in [4.69, 9.17) is 14.2 Å². The number of ether oxygens (including phenoxy) is 3. The zero-order chi connectivity index (χ0) is 26.9. The van der Waals surface area contributed by atoms with E-state index in [1.54, 1.807) is 6.07 Å². The third-order valence-corrected chi connectivity index (χ3v) is 5.35. The van der Waals surface area contributed by atoms with Crippen molar-refractivity contribution in [2.75, 3.05) is 0 Å². The average molecular weight is 511 g/mol. The predicted octanol–water partition coefficient (Wildman–Crippen LogP) is 7.47. The van der Waals surface area contributed by atoms with E-state index in [1.807, 2.05) is 97.1 Å². The molecule has 0 bridgehead atoms. The Balaban J connectivity index is 1.17. The SMILES string of the molecule is Oc1cc(O)cc(OC#Cc2cccc(Oc3ccc(Oc4ccc(C#Cc5ccccc5)cc4)cc3)c2)c1. The summed E-state index contributed by atoms with van der Waals surface area (Å²) in [6.45, 7) is 0. The molecule has 0 unspecified atom stereocenters. The van der Waals surface area contributed by atoms with Crippen molar-refractivity contribution >= 4 is 0 Å². The van der Waals surface area contributed by atoms with Crippen LogP contribution in [0.5, 0.6) is 40.2 Å². The number of phenolic OH excluding ortho intramolecular Hbond substituents is 2. The molecule has 0 aliphatic rings. The van der Waals surface area contributed by atoms with Gasteiger partial charge in [-0.15, -0.1) is 0 Å². The summed E-state index contributed by atoms with van der Waals surface area (Å²) >= 11 is 0. The van der Waals surface area contributed by atoms with Crippen LogP contribution in [0.1, 0.15) is 16.7 Å². The van der Waals surface area contributed by atoms with E-state index in [-0.39, 0.29) is 17.2 Å². The van der Waals surface area contributed by atoms with E-state index in [1.165, 1.54) is 18.2 Å². The first-order valence-corrected chi connectivity index (χ1v) is 12.0. The molecule has 0 aromatic heterocycles. The van der Waals surface area contributed by atoms with E-state index in [9.17, 15) is 10.2 Å². The molecule has 0 aliphatic heterocycles. The second kappa shape index (κ2) is 12.0. The molecule has 2 N–H and O–H groups in total. The molecule has 0 spiro atoms. The maximum atomic E-state index is 9.52. The van der Waals surface area contributed by atoms with Crippen molar-refractivity contribution in [1.29, 1.82) is 0 Å². The Morgan fingerprint density at radius 1 is 0.410 bits per heavy atom. The second-order valence-electron chi connectivity index (χ2n) is 8.36. The van der Waals surface area contributed by atoms with Crippen LogP contribution in [0.25, 0.3) is 0 Å². The normalized spacial score (nSPS) is 9.85. The van der Waals surface area contributed by atoms with E-state index < -0.39 is 0 Å². The minimum absolute atomic E-state index is 0.110. The minimum Gasteiger partial charge on any atom is -0.508 e. The largest absolute Gasteiger partial charge is 0.508 e. The molecule has 0 saturated heterocycles. The third-order valence-electron chi connectivity index (χ3n) is 5.35. The molecular formula is C34H22O5. The van der Waals surface area contributed by atoms with Gasteiger partial charge in [-0.25, -0.2) is 0 Å². The molecule has 0 saturated carbocycles. The summed E-state index contributed by atoms with van der Waals surface area (Å²) < 4.78 is 17.2. The average Bonchev–Trinajstić information content (AvgIpc) is 2.94. The van der Waals surface area contributed by atoms with Crippen molar-refractivity contribution in [3.05, 3.63) is 138 Å². The Morgan fingerprint density at radius 3 is 1.59 bits per heavy atom. The lowest BCUT2D eigenvalue weighted by atomic mass is 10.2. The summed E-state index contributed by atoms with van der Waals surface area (Å²) in [5.74, 6) is 11.8. The molecule has 0 atom stereocenters. The fourth-order valence-electron chi connectivity index (χ4n) is 3.53. The van der Waals surface area contributed by atoms with Crippen LogP contribution in [0.4, 0.5) is 0 Å². The zero-order valence-corrected chi connectivity index (χ0v) is 20.7. The van der Waals surface area contributed by atoms with Gasteiger partial charge in [-0.3, -0.25) is 0 Å². The van der Waals surface area contributed by atoms with Crippen molar-refractivity contribution in [2.24, 2.45) is 0 Å². The molecule has 0 aliphatic carbocycles. The Kier molecular flexibility index (Phi) is 7.64. The molecule has 0 amide bonds. The van der Waals surface area contributed by atoms with Gasteiger partial charge >= 0.3 is 0 Å². The lowest BCUT2D eigenvalue weighted by Crippen LogP contribution is -1.88. The Labute approximate surface area is 226 Å². The lowest BCUT2D eigenvalue weighted by molar-refractivity contribution is 0.438. The first-order chi connectivity index (χ1) is 19.1. The molecule has 0 fully saturated rings. The highest BCUT2D eigenvalue weighted by molar-refractivity contribution is 5.46. The molecule has 0 radical (unpaired) electrons. The first kappa shape index (κ1) is 24.9. The topological polar surface area (TPSA) is 68.2 Å². The van der Waals surface area contributed by atoms with Crippen LogP contribution in [-0.4, -0.2) is 10.2 Å². The second-order valence-corrected chi connectivity index (χ2v) is 8.36. The molecule has 5 heteroatoms. The van der Waals surface area contributed by atoms with Crippen molar-refractivity contribution in [3.8, 4) is 64.1 Å². The molecule has 39 heavy (non-hydrogen) atoms. The quantitative estimate of drug-likeness (QED) is 0.240. The standard InChI is InChI=1S/C34H22O5/c35-28-22-29(36)24-34(23-28)37-20-19-27-7-4-8-33(21-27)39-32-17-15-31(16-18-32)38-30-13-11-26(12-14-30)10-9-25-5-2-1-3-6-25/h1-8,11-18,21-24,35-36H. The highest BCUT2D eigenvalue weighted by atomic mass is 16.5. The summed E-state index contributed by atoms with van der Waals surface area (Å²) in [6.07, 6.45) is 2.56. The highest BCUT2D eigenvalue weighted by Gasteiger charge is 2.02. The summed E-state index contributed by atoms with van der Waals surface area (Å²) in [5.41, 5.74) is 2.56. The van der Waals surface area contributed by atoms with E-state index >= 15 is 0 Å². The maximum absolute atomic E-state index is 9.52. The minimum atomic E-state index is -0.110. The van der Waals surface area contributed by atoms with Gasteiger partial charge in [0.1, 0.15) is 46.4 Å². The van der Waals surface area contributed by atoms with Gasteiger partial charge in [-0.05, 0) is 84.8 Å². The van der Waals surface area contributed by atoms with Gasteiger partial charge in [-0.1, -0.05) is 36.1 Å². The van der Waals surface area contributed by atoms with Gasteiger partial charge in [0.15, 0.2) is 0 Å². The fraction of sp³-hybridized carbons (Fsp3) is 0. The van der Waals surface area contributed by atoms with Crippen LogP contribution in [0.3, 0.4) is 0 Å². The van der Waals surface area contributed by atoms with Crippen molar-refractivity contribution in [3.63, 3.8) is 0 Å². The van der Waals surface area contributed by atoms with E-state index in [0.29, 0.717) is 28.6 Å². The number of aromatic hydroxyl groups is 2. The molecular weight excluding hydrogens is 488 g/mol. The van der Waals surface area contributed by atoms with Crippen molar-refractivity contribution < 1.29 is 24.4 Å². The van der Waals surface area contributed by atoms with Gasteiger partial charge in [0.05, 0.1) is 0 Å². The van der Waals surface area contributed by atoms with Gasteiger partial charge in [0.25, 0.3) is 0 Å². The Bertz CT molecular complexity index is 1670. The number of hydrogen-bond donors (Lipinski definition) is 2. The molecule has 5 rings (SSSR count). The Morgan fingerprint density at radius 2 is 0.949 bits per heavy atom. The molecule has 188 valence electrons. The molecule has 5 aromatic carbocycles. The van der Waals surface area contributed by atoms with Crippen molar-refractivity contribution in [1.82, 2.24) is 0 Å². The van der Waals surface area contributed by atoms with Crippen LogP contribution in [0.2, 0.25) is 0 Å². The zero-order valence-electron chi connectivity index (χ0n) is 20.7. The molecule has 5 aromatic rings. The maximum Gasteiger partial charge on any atom is 0.147 e. The van der Waals surface area contributed by atoms with Gasteiger partial charge in [0, 0.05) is 34.9 Å². The van der Waals surface area contributed by atoms with E-state index in [0.717, 1.165) is 11.1 Å². The summed E-state index contributed by atoms with van der Waals surface area (Å²) in [7, 11) is 0. The van der Waals surface area contributed by atoms with Crippen LogP contribution in [0.15, 0.2) is 121 Å². The van der Waals surface area contributed by atoms with Crippen molar-refractivity contribution in [2.45, 2.75) is 0 Å². The lowest BCUT2D eigenvalue weighted by Gasteiger charge is -2.09. The van der Waals surface area contributed by atoms with Crippen LogP contribution >= 0.6 is 0 Å². The fourth-order valence-corrected chi connectivity index (χ4v) is 3.53. The molecule has 0 heterocycles. The van der Waals surface area contributed by atoms with Crippen LogP contribution < -0.4 is 14.2 Å². The first-order valence-electron chi connectivity index (χ1n) is 12.0. The number of benzene rings is 5. The Hall–Kier alpha value is -5.78. The monoisotopic (exact) mass is 510 g/mol. The van der Waals surface area contributed by atoms with Gasteiger partial charge in [-0.2, -0.15) is 0 Å². The van der Waals surface area contributed by atoms with Crippen LogP contribution in [0, 0.1) is 23.9 Å². The number of rotatable bonds is 5. The number of phenols is 2. The predicted molar refractivity (Wildman–Crippen MR) is 149 cm³/mol. The number of hydrogen-bond acceptors (Lipinski definition) is 5. The van der Waals surface area contributed by atoms with Gasteiger partial charge in [0.2, 0.25) is 0 Å². The smallest absolute Gasteiger partial charge is 0.147 e. The highest BCUT2D eigenvalue weighted by Crippen LogP contribution is 2.28. The van der Waals surface area contributed by atoms with E-state index in [2.05, 4.69) is 23.9 Å².